The van der Waals surface area contributed by atoms with Gasteiger partial charge >= 0.3 is 0 Å². The van der Waals surface area contributed by atoms with Gasteiger partial charge in [0.25, 0.3) is 0 Å². The summed E-state index contributed by atoms with van der Waals surface area (Å²) in [5, 5.41) is 1.24. The number of benzene rings is 1. The Balaban J connectivity index is 1.61. The van der Waals surface area contributed by atoms with Crippen molar-refractivity contribution in [1.82, 2.24) is 9.88 Å². The molecule has 1 aromatic carbocycles. The lowest BCUT2D eigenvalue weighted by Crippen LogP contribution is -2.31. The molecule has 0 unspecified atom stereocenters. The lowest BCUT2D eigenvalue weighted by Gasteiger charge is -2.21. The van der Waals surface area contributed by atoms with Gasteiger partial charge in [0, 0.05) is 19.3 Å². The smallest absolute Gasteiger partial charge is 0.233 e. The topological polar surface area (TPSA) is 51.7 Å². The van der Waals surface area contributed by atoms with Crippen LogP contribution in [-0.4, -0.2) is 34.9 Å². The number of halogens is 1. The van der Waals surface area contributed by atoms with Crippen molar-refractivity contribution in [3.8, 4) is 11.5 Å². The van der Waals surface area contributed by atoms with E-state index in [9.17, 15) is 4.79 Å². The van der Waals surface area contributed by atoms with Gasteiger partial charge in [0.15, 0.2) is 11.5 Å². The second kappa shape index (κ2) is 7.77. The van der Waals surface area contributed by atoms with Gasteiger partial charge in [0.1, 0.15) is 5.03 Å². The number of nitrogens with zero attached hydrogens (tertiary/aromatic N) is 2. The van der Waals surface area contributed by atoms with Gasteiger partial charge in [-0.05, 0) is 36.8 Å². The first-order chi connectivity index (χ1) is 11.7. The number of hydrogen-bond donors (Lipinski definition) is 0. The Bertz CT molecular complexity index is 742. The van der Waals surface area contributed by atoms with Crippen molar-refractivity contribution in [3.63, 3.8) is 0 Å². The minimum Gasteiger partial charge on any atom is -0.454 e. The van der Waals surface area contributed by atoms with E-state index in [-0.39, 0.29) is 12.7 Å². The largest absolute Gasteiger partial charge is 0.454 e. The predicted octanol–water partition coefficient (Wildman–Crippen LogP) is 3.60. The minimum absolute atomic E-state index is 0.0434. The molecule has 1 amide bonds. The van der Waals surface area contributed by atoms with Crippen molar-refractivity contribution in [2.45, 2.75) is 18.5 Å². The second-order valence-corrected chi connectivity index (χ2v) is 6.55. The lowest BCUT2D eigenvalue weighted by atomic mass is 10.2. The highest BCUT2D eigenvalue weighted by Gasteiger charge is 2.17. The number of aromatic nitrogens is 1. The minimum atomic E-state index is 0.0434. The lowest BCUT2D eigenvalue weighted by molar-refractivity contribution is -0.128. The molecule has 3 rings (SSSR count). The number of carbonyl (C=O) groups is 1. The van der Waals surface area contributed by atoms with Crippen LogP contribution in [0.15, 0.2) is 41.6 Å². The summed E-state index contributed by atoms with van der Waals surface area (Å²) in [6.07, 6.45) is 1.67. The fourth-order valence-electron chi connectivity index (χ4n) is 2.33. The third-order valence-corrected chi connectivity index (χ3v) is 5.01. The molecule has 0 atom stereocenters. The summed E-state index contributed by atoms with van der Waals surface area (Å²) >= 11 is 7.42. The van der Waals surface area contributed by atoms with Crippen molar-refractivity contribution < 1.29 is 14.3 Å². The van der Waals surface area contributed by atoms with E-state index in [1.165, 1.54) is 11.8 Å². The molecule has 0 spiro atoms. The van der Waals surface area contributed by atoms with Gasteiger partial charge in [-0.25, -0.2) is 4.98 Å². The average molecular weight is 365 g/mol. The molecule has 2 heterocycles. The Morgan fingerprint density at radius 3 is 2.96 bits per heavy atom. The van der Waals surface area contributed by atoms with Gasteiger partial charge in [0.2, 0.25) is 12.7 Å². The third kappa shape index (κ3) is 3.94. The summed E-state index contributed by atoms with van der Waals surface area (Å²) in [5.74, 6) is 1.82. The van der Waals surface area contributed by atoms with Crippen LogP contribution in [0.25, 0.3) is 0 Å². The van der Waals surface area contributed by atoms with Gasteiger partial charge in [0.05, 0.1) is 10.8 Å². The molecule has 7 heteroatoms. The number of hydrogen-bond acceptors (Lipinski definition) is 5. The van der Waals surface area contributed by atoms with E-state index < -0.39 is 0 Å². The van der Waals surface area contributed by atoms with Crippen LogP contribution in [0, 0.1) is 0 Å². The zero-order valence-corrected chi connectivity index (χ0v) is 14.8. The van der Waals surface area contributed by atoms with Crippen LogP contribution in [-0.2, 0) is 11.3 Å². The molecule has 1 aliphatic rings. The molecule has 2 aromatic rings. The Kier molecular flexibility index (Phi) is 5.48. The molecule has 24 heavy (non-hydrogen) atoms. The molecule has 1 aliphatic heterocycles. The fraction of sp³-hybridized carbons (Fsp3) is 0.294. The number of thioether (sulfide) groups is 1. The number of carbonyl (C=O) groups excluding carboxylic acids is 1. The van der Waals surface area contributed by atoms with Crippen molar-refractivity contribution in [3.05, 3.63) is 47.1 Å². The fourth-order valence-corrected chi connectivity index (χ4v) is 3.40. The maximum Gasteiger partial charge on any atom is 0.233 e. The number of amides is 1. The van der Waals surface area contributed by atoms with Crippen molar-refractivity contribution in [2.24, 2.45) is 0 Å². The van der Waals surface area contributed by atoms with Crippen LogP contribution < -0.4 is 9.47 Å². The maximum atomic E-state index is 12.5. The van der Waals surface area contributed by atoms with Crippen LogP contribution >= 0.6 is 23.4 Å². The molecule has 0 fully saturated rings. The summed E-state index contributed by atoms with van der Waals surface area (Å²) in [6, 6.07) is 9.28. The first kappa shape index (κ1) is 16.9. The molecule has 0 bridgehead atoms. The van der Waals surface area contributed by atoms with Crippen LogP contribution in [0.5, 0.6) is 11.5 Å². The molecular formula is C17H17ClN2O3S. The van der Waals surface area contributed by atoms with Crippen LogP contribution in [0.3, 0.4) is 0 Å². The summed E-state index contributed by atoms with van der Waals surface area (Å²) in [4.78, 5) is 18.5. The Morgan fingerprint density at radius 2 is 2.17 bits per heavy atom. The van der Waals surface area contributed by atoms with E-state index >= 15 is 0 Å². The van der Waals surface area contributed by atoms with Crippen molar-refractivity contribution >= 4 is 29.3 Å². The van der Waals surface area contributed by atoms with Gasteiger partial charge < -0.3 is 14.4 Å². The summed E-state index contributed by atoms with van der Waals surface area (Å²) in [5.41, 5.74) is 1.01. The SMILES string of the molecule is CCN(Cc1ccc2c(c1)OCO2)C(=O)CSc1ncccc1Cl. The normalized spacial score (nSPS) is 12.2. The summed E-state index contributed by atoms with van der Waals surface area (Å²) in [7, 11) is 0. The van der Waals surface area contributed by atoms with Crippen LogP contribution in [0.2, 0.25) is 5.02 Å². The molecule has 0 radical (unpaired) electrons. The van der Waals surface area contributed by atoms with Crippen LogP contribution in [0.4, 0.5) is 0 Å². The monoisotopic (exact) mass is 364 g/mol. The Hall–Kier alpha value is -1.92. The van der Waals surface area contributed by atoms with Gasteiger partial charge in [-0.1, -0.05) is 29.4 Å². The summed E-state index contributed by atoms with van der Waals surface area (Å²) < 4.78 is 10.7. The first-order valence-electron chi connectivity index (χ1n) is 7.57. The van der Waals surface area contributed by atoms with Crippen molar-refractivity contribution in [2.75, 3.05) is 19.1 Å². The van der Waals surface area contributed by atoms with Crippen molar-refractivity contribution in [1.29, 1.82) is 0 Å². The summed E-state index contributed by atoms with van der Waals surface area (Å²) in [6.45, 7) is 3.37. The van der Waals surface area contributed by atoms with E-state index in [0.29, 0.717) is 28.9 Å². The predicted molar refractivity (Wildman–Crippen MR) is 93.6 cm³/mol. The van der Waals surface area contributed by atoms with E-state index in [2.05, 4.69) is 4.98 Å². The van der Waals surface area contributed by atoms with E-state index in [4.69, 9.17) is 21.1 Å². The number of ether oxygens (including phenoxy) is 2. The van der Waals surface area contributed by atoms with E-state index in [1.54, 1.807) is 23.2 Å². The first-order valence-corrected chi connectivity index (χ1v) is 8.93. The molecule has 0 saturated heterocycles. The molecule has 1 aromatic heterocycles. The molecule has 0 aliphatic carbocycles. The van der Waals surface area contributed by atoms with E-state index in [1.807, 2.05) is 25.1 Å². The Morgan fingerprint density at radius 1 is 1.33 bits per heavy atom. The van der Waals surface area contributed by atoms with Gasteiger partial charge in [-0.3, -0.25) is 4.79 Å². The quantitative estimate of drug-likeness (QED) is 0.733. The number of fused-ring (bicyclic) bond motifs is 1. The zero-order valence-electron chi connectivity index (χ0n) is 13.2. The van der Waals surface area contributed by atoms with E-state index in [0.717, 1.165) is 17.1 Å². The Labute approximate surface area is 149 Å². The second-order valence-electron chi connectivity index (χ2n) is 5.17. The molecular weight excluding hydrogens is 348 g/mol. The highest BCUT2D eigenvalue weighted by atomic mass is 35.5. The van der Waals surface area contributed by atoms with Crippen LogP contribution in [0.1, 0.15) is 12.5 Å². The van der Waals surface area contributed by atoms with Gasteiger partial charge in [-0.15, -0.1) is 0 Å². The average Bonchev–Trinajstić information content (AvgIpc) is 3.06. The van der Waals surface area contributed by atoms with Gasteiger partial charge in [-0.2, -0.15) is 0 Å². The highest BCUT2D eigenvalue weighted by Crippen LogP contribution is 2.33. The molecule has 126 valence electrons. The molecule has 5 nitrogen and oxygen atoms in total. The molecule has 0 saturated carbocycles. The number of rotatable bonds is 6. The third-order valence-electron chi connectivity index (χ3n) is 3.60. The molecule has 0 N–H and O–H groups in total. The number of pyridine rings is 1. The standard InChI is InChI=1S/C17H17ClN2O3S/c1-2-20(9-12-5-6-14-15(8-12)23-11-22-14)16(21)10-24-17-13(18)4-3-7-19-17/h3-8H,2,9-11H2,1H3. The highest BCUT2D eigenvalue weighted by molar-refractivity contribution is 8.00. The zero-order chi connectivity index (χ0) is 16.9. The maximum absolute atomic E-state index is 12.5.